The Hall–Kier alpha value is 0. The largest absolute Gasteiger partial charge is 0.357 e. The third kappa shape index (κ3) is 4.78. The molecule has 0 aromatic rings. The fraction of sp³-hybridized carbons (Fsp3) is 0.938. The molecule has 2 aliphatic rings. The monoisotopic (exact) mass is 393 g/mol. The molecule has 0 radical (unpaired) electrons. The molecule has 1 spiro atoms. The van der Waals surface area contributed by atoms with Gasteiger partial charge in [0, 0.05) is 26.2 Å². The molecule has 1 N–H and O–H groups in total. The fourth-order valence-corrected chi connectivity index (χ4v) is 3.31. The van der Waals surface area contributed by atoms with E-state index in [9.17, 15) is 0 Å². The Morgan fingerprint density at radius 3 is 2.55 bits per heavy atom. The summed E-state index contributed by atoms with van der Waals surface area (Å²) in [6.45, 7) is 11.1. The molecule has 0 aromatic carbocycles. The number of nitrogens with one attached hydrogen (secondary N) is 1. The second-order valence-corrected chi connectivity index (χ2v) is 6.80. The van der Waals surface area contributed by atoms with Gasteiger partial charge in [0.25, 0.3) is 0 Å². The summed E-state index contributed by atoms with van der Waals surface area (Å²) in [6, 6.07) is 0. The summed E-state index contributed by atoms with van der Waals surface area (Å²) in [5.74, 6) is 1.96. The molecule has 3 nitrogen and oxygen atoms in total. The number of hydrogen-bond donors (Lipinski definition) is 1. The number of guanidine groups is 1. The quantitative estimate of drug-likeness (QED) is 0.332. The first-order valence-corrected chi connectivity index (χ1v) is 8.18. The molecule has 2 rings (SSSR count). The van der Waals surface area contributed by atoms with Crippen LogP contribution in [0.25, 0.3) is 0 Å². The lowest BCUT2D eigenvalue weighted by Crippen LogP contribution is -2.42. The fourth-order valence-electron chi connectivity index (χ4n) is 3.31. The van der Waals surface area contributed by atoms with Gasteiger partial charge in [0.2, 0.25) is 0 Å². The van der Waals surface area contributed by atoms with Gasteiger partial charge in [0.15, 0.2) is 5.96 Å². The van der Waals surface area contributed by atoms with Gasteiger partial charge >= 0.3 is 0 Å². The van der Waals surface area contributed by atoms with E-state index in [4.69, 9.17) is 4.99 Å². The van der Waals surface area contributed by atoms with Crippen molar-refractivity contribution >= 4 is 29.9 Å². The molecule has 1 saturated carbocycles. The Kier molecular flexibility index (Phi) is 7.62. The molecule has 4 heteroatoms. The van der Waals surface area contributed by atoms with Crippen LogP contribution in [0.2, 0.25) is 0 Å². The predicted octanol–water partition coefficient (Wildman–Crippen LogP) is 3.88. The van der Waals surface area contributed by atoms with Crippen molar-refractivity contribution in [3.63, 3.8) is 0 Å². The maximum Gasteiger partial charge on any atom is 0.193 e. The molecule has 118 valence electrons. The zero-order valence-electron chi connectivity index (χ0n) is 13.5. The minimum absolute atomic E-state index is 0. The first kappa shape index (κ1) is 18.1. The maximum absolute atomic E-state index is 4.82. The molecule has 2 fully saturated rings. The molecule has 1 saturated heterocycles. The highest BCUT2D eigenvalue weighted by atomic mass is 127. The van der Waals surface area contributed by atoms with E-state index in [-0.39, 0.29) is 24.0 Å². The number of aliphatic imine (C=N–C) groups is 1. The van der Waals surface area contributed by atoms with Gasteiger partial charge in [-0.25, -0.2) is 0 Å². The molecular weight excluding hydrogens is 361 g/mol. The van der Waals surface area contributed by atoms with E-state index in [0.717, 1.165) is 25.0 Å². The Balaban J connectivity index is 0.00000200. The summed E-state index contributed by atoms with van der Waals surface area (Å²) in [5.41, 5.74) is 0.661. The van der Waals surface area contributed by atoms with Crippen LogP contribution in [-0.2, 0) is 0 Å². The van der Waals surface area contributed by atoms with Gasteiger partial charge in [-0.2, -0.15) is 0 Å². The average Bonchev–Trinajstić information content (AvgIpc) is 2.78. The van der Waals surface area contributed by atoms with Crippen LogP contribution in [0.5, 0.6) is 0 Å². The number of likely N-dealkylation sites (tertiary alicyclic amines) is 1. The van der Waals surface area contributed by atoms with E-state index in [0.29, 0.717) is 5.41 Å². The van der Waals surface area contributed by atoms with Crippen LogP contribution < -0.4 is 5.32 Å². The molecular formula is C16H32IN3. The van der Waals surface area contributed by atoms with Crippen LogP contribution in [0.4, 0.5) is 0 Å². The van der Waals surface area contributed by atoms with Gasteiger partial charge in [-0.3, -0.25) is 4.99 Å². The van der Waals surface area contributed by atoms with Crippen molar-refractivity contribution in [2.75, 3.05) is 26.2 Å². The number of halogens is 1. The summed E-state index contributed by atoms with van der Waals surface area (Å²) >= 11 is 0. The van der Waals surface area contributed by atoms with Crippen LogP contribution in [0.1, 0.15) is 59.3 Å². The van der Waals surface area contributed by atoms with E-state index in [1.807, 2.05) is 0 Å². The smallest absolute Gasteiger partial charge is 0.193 e. The topological polar surface area (TPSA) is 27.6 Å². The van der Waals surface area contributed by atoms with Crippen molar-refractivity contribution in [2.24, 2.45) is 16.3 Å². The highest BCUT2D eigenvalue weighted by Crippen LogP contribution is 2.47. The van der Waals surface area contributed by atoms with Gasteiger partial charge < -0.3 is 10.2 Å². The first-order valence-electron chi connectivity index (χ1n) is 8.18. The highest BCUT2D eigenvalue weighted by molar-refractivity contribution is 14.0. The predicted molar refractivity (Wildman–Crippen MR) is 97.9 cm³/mol. The normalized spacial score (nSPS) is 21.0. The lowest BCUT2D eigenvalue weighted by molar-refractivity contribution is 0.151. The zero-order valence-corrected chi connectivity index (χ0v) is 15.8. The molecule has 0 unspecified atom stereocenters. The lowest BCUT2D eigenvalue weighted by atomic mass is 9.68. The molecule has 1 aliphatic carbocycles. The van der Waals surface area contributed by atoms with Gasteiger partial charge in [-0.1, -0.05) is 20.3 Å². The number of nitrogens with zero attached hydrogens (tertiary/aromatic N) is 2. The minimum atomic E-state index is 0. The molecule has 0 amide bonds. The van der Waals surface area contributed by atoms with Crippen LogP contribution in [0.15, 0.2) is 4.99 Å². The van der Waals surface area contributed by atoms with E-state index >= 15 is 0 Å². The van der Waals surface area contributed by atoms with E-state index in [1.165, 1.54) is 51.6 Å². The van der Waals surface area contributed by atoms with Crippen molar-refractivity contribution in [3.8, 4) is 0 Å². The van der Waals surface area contributed by atoms with Gasteiger partial charge in [-0.05, 0) is 50.4 Å². The van der Waals surface area contributed by atoms with E-state index in [1.54, 1.807) is 0 Å². The van der Waals surface area contributed by atoms with Crippen LogP contribution >= 0.6 is 24.0 Å². The number of hydrogen-bond acceptors (Lipinski definition) is 1. The van der Waals surface area contributed by atoms with Crippen molar-refractivity contribution in [2.45, 2.75) is 59.3 Å². The molecule has 20 heavy (non-hydrogen) atoms. The van der Waals surface area contributed by atoms with Crippen molar-refractivity contribution < 1.29 is 0 Å². The Bertz CT molecular complexity index is 311. The zero-order chi connectivity index (χ0) is 13.7. The standard InChI is InChI=1S/C16H31N3.HI/c1-4-17-15(18-11-5-7-14(2)3)19-12-10-16(13-19)8-6-9-16;/h14H,4-13H2,1-3H3,(H,17,18);1H. The van der Waals surface area contributed by atoms with E-state index < -0.39 is 0 Å². The van der Waals surface area contributed by atoms with Crippen LogP contribution in [0, 0.1) is 11.3 Å². The lowest BCUT2D eigenvalue weighted by Gasteiger charge is -2.38. The highest BCUT2D eigenvalue weighted by Gasteiger charge is 2.43. The van der Waals surface area contributed by atoms with Crippen molar-refractivity contribution in [1.82, 2.24) is 10.2 Å². The second-order valence-electron chi connectivity index (χ2n) is 6.80. The van der Waals surface area contributed by atoms with Crippen LogP contribution in [-0.4, -0.2) is 37.0 Å². The van der Waals surface area contributed by atoms with E-state index in [2.05, 4.69) is 31.0 Å². The average molecular weight is 393 g/mol. The maximum atomic E-state index is 4.82. The molecule has 0 aromatic heterocycles. The molecule has 0 bridgehead atoms. The summed E-state index contributed by atoms with van der Waals surface area (Å²) < 4.78 is 0. The third-order valence-electron chi connectivity index (χ3n) is 4.69. The molecule has 0 atom stereocenters. The van der Waals surface area contributed by atoms with Crippen LogP contribution in [0.3, 0.4) is 0 Å². The van der Waals surface area contributed by atoms with Gasteiger partial charge in [0.05, 0.1) is 0 Å². The Morgan fingerprint density at radius 1 is 1.30 bits per heavy atom. The molecule has 1 heterocycles. The summed E-state index contributed by atoms with van der Waals surface area (Å²) in [7, 11) is 0. The summed E-state index contributed by atoms with van der Waals surface area (Å²) in [6.07, 6.45) is 8.20. The van der Waals surface area contributed by atoms with Gasteiger partial charge in [-0.15, -0.1) is 24.0 Å². The van der Waals surface area contributed by atoms with Crippen molar-refractivity contribution in [1.29, 1.82) is 0 Å². The Labute approximate surface area is 142 Å². The van der Waals surface area contributed by atoms with Gasteiger partial charge in [0.1, 0.15) is 0 Å². The van der Waals surface area contributed by atoms with Crippen molar-refractivity contribution in [3.05, 3.63) is 0 Å². The second kappa shape index (κ2) is 8.44. The first-order chi connectivity index (χ1) is 9.15. The minimum Gasteiger partial charge on any atom is -0.357 e. The molecule has 1 aliphatic heterocycles. The Morgan fingerprint density at radius 2 is 2.05 bits per heavy atom. The summed E-state index contributed by atoms with van der Waals surface area (Å²) in [4.78, 5) is 7.32. The summed E-state index contributed by atoms with van der Waals surface area (Å²) in [5, 5.41) is 3.47. The number of rotatable bonds is 5. The SMILES string of the molecule is CCNC(=NCCCC(C)C)N1CCC2(CCC2)C1.I. The third-order valence-corrected chi connectivity index (χ3v) is 4.69.